The molecular weight excluding hydrogens is 564 g/mol. The van der Waals surface area contributed by atoms with Gasteiger partial charge in [-0.05, 0) is 74.4 Å². The predicted octanol–water partition coefficient (Wildman–Crippen LogP) is 5.76. The molecule has 0 aliphatic heterocycles. The largest absolute Gasteiger partial charge is 0.429 e. The molecule has 0 radical (unpaired) electrons. The fraction of sp³-hybridized carbons (Fsp3) is 0.200. The average Bonchev–Trinajstić information content (AvgIpc) is 2.98. The van der Waals surface area contributed by atoms with E-state index in [-0.39, 0.29) is 29.3 Å². The van der Waals surface area contributed by atoms with E-state index in [2.05, 4.69) is 9.57 Å². The molecule has 0 fully saturated rings. The van der Waals surface area contributed by atoms with Crippen molar-refractivity contribution in [2.75, 3.05) is 0 Å². The number of esters is 2. The van der Waals surface area contributed by atoms with Crippen molar-refractivity contribution in [3.05, 3.63) is 112 Å². The van der Waals surface area contributed by atoms with Crippen molar-refractivity contribution in [2.45, 2.75) is 40.2 Å². The first-order valence-electron chi connectivity index (χ1n) is 12.6. The summed E-state index contributed by atoms with van der Waals surface area (Å²) in [4.78, 5) is 48.2. The molecule has 3 aromatic carbocycles. The predicted molar refractivity (Wildman–Crippen MR) is 160 cm³/mol. The Balaban J connectivity index is 0.000000413. The lowest BCUT2D eigenvalue weighted by molar-refractivity contribution is -0.763. The molecule has 12 heteroatoms. The second kappa shape index (κ2) is 19.9. The maximum absolute atomic E-state index is 12.3. The van der Waals surface area contributed by atoms with E-state index in [1.54, 1.807) is 60.7 Å². The number of rotatable bonds is 11. The Hall–Kier alpha value is -5.10. The molecule has 11 nitrogen and oxygen atoms in total. The zero-order chi connectivity index (χ0) is 31.3. The van der Waals surface area contributed by atoms with Crippen LogP contribution in [0.15, 0.2) is 84.9 Å². The molecule has 0 bridgehead atoms. The Labute approximate surface area is 248 Å². The molecule has 0 amide bonds. The first-order valence-corrected chi connectivity index (χ1v) is 13.0. The lowest BCUT2D eigenvalue weighted by atomic mass is 10.2. The van der Waals surface area contributed by atoms with Gasteiger partial charge in [0.15, 0.2) is 0 Å². The van der Waals surface area contributed by atoms with Crippen LogP contribution < -0.4 is 19.9 Å². The summed E-state index contributed by atoms with van der Waals surface area (Å²) in [6.45, 7) is 6.06. The van der Waals surface area contributed by atoms with Crippen LogP contribution in [-0.4, -0.2) is 28.5 Å². The fourth-order valence-corrected chi connectivity index (χ4v) is 2.93. The summed E-state index contributed by atoms with van der Waals surface area (Å²) in [5.41, 5.74) is 7.01. The number of benzene rings is 3. The molecule has 0 unspecified atom stereocenters. The number of thiocarbonyl (C=S) groups is 1. The standard InChI is InChI=1S/C18H17NO4S.C8H7NO5.C4H8/c1-2-5-16(20)23-15-7-4-3-6-14(15)18(21)22-13-10-8-12(9-11-13)17(19)24;10-6-13-8-3-1-7(2-4-8)5-14-9(11)12;1-3-4-2/h3-4,6-11H,2,5H2,1H3,(H2,19,24);1-4,6H,5H2;3-4H,1-2H3/b;;4-3-. The van der Waals surface area contributed by atoms with E-state index < -0.39 is 17.0 Å². The van der Waals surface area contributed by atoms with E-state index >= 15 is 0 Å². The van der Waals surface area contributed by atoms with Crippen molar-refractivity contribution >= 4 is 35.6 Å². The Morgan fingerprint density at radius 2 is 1.52 bits per heavy atom. The zero-order valence-corrected chi connectivity index (χ0v) is 24.2. The lowest BCUT2D eigenvalue weighted by Gasteiger charge is -2.10. The summed E-state index contributed by atoms with van der Waals surface area (Å²) < 4.78 is 15.1. The number of hydrogen-bond donors (Lipinski definition) is 1. The summed E-state index contributed by atoms with van der Waals surface area (Å²) in [5.74, 6) is -0.100. The van der Waals surface area contributed by atoms with Crippen molar-refractivity contribution in [3.63, 3.8) is 0 Å². The summed E-state index contributed by atoms with van der Waals surface area (Å²) in [6, 6.07) is 19.2. The molecule has 0 saturated carbocycles. The topological polar surface area (TPSA) is 157 Å². The minimum absolute atomic E-state index is 0.117. The highest BCUT2D eigenvalue weighted by molar-refractivity contribution is 7.80. The van der Waals surface area contributed by atoms with Crippen molar-refractivity contribution < 1.29 is 38.5 Å². The van der Waals surface area contributed by atoms with E-state index in [9.17, 15) is 24.5 Å². The Morgan fingerprint density at radius 1 is 0.929 bits per heavy atom. The third-order valence-corrected chi connectivity index (χ3v) is 5.15. The highest BCUT2D eigenvalue weighted by Crippen LogP contribution is 2.22. The number of ether oxygens (including phenoxy) is 3. The van der Waals surface area contributed by atoms with Crippen LogP contribution in [0.5, 0.6) is 17.2 Å². The average molecular weight is 597 g/mol. The molecular formula is C30H32N2O9S. The minimum Gasteiger partial charge on any atom is -0.429 e. The van der Waals surface area contributed by atoms with Crippen LogP contribution in [-0.2, 0) is 21.0 Å². The summed E-state index contributed by atoms with van der Waals surface area (Å²) in [7, 11) is 0. The number of nitrogens with two attached hydrogens (primary N) is 1. The molecule has 0 aromatic heterocycles. The van der Waals surface area contributed by atoms with Gasteiger partial charge >= 0.3 is 11.9 Å². The van der Waals surface area contributed by atoms with Gasteiger partial charge in [0.25, 0.3) is 11.6 Å². The maximum atomic E-state index is 12.3. The van der Waals surface area contributed by atoms with Gasteiger partial charge in [-0.25, -0.2) is 4.79 Å². The normalized spacial score (nSPS) is 9.69. The van der Waals surface area contributed by atoms with Crippen LogP contribution >= 0.6 is 12.2 Å². The Kier molecular flexibility index (Phi) is 16.5. The van der Waals surface area contributed by atoms with Gasteiger partial charge in [0, 0.05) is 12.0 Å². The van der Waals surface area contributed by atoms with E-state index in [0.29, 0.717) is 35.5 Å². The third-order valence-electron chi connectivity index (χ3n) is 4.91. The minimum atomic E-state index is -0.865. The summed E-state index contributed by atoms with van der Waals surface area (Å²) in [5, 5.41) is 8.99. The van der Waals surface area contributed by atoms with Crippen LogP contribution in [0, 0.1) is 10.1 Å². The van der Waals surface area contributed by atoms with Crippen LogP contribution in [0.2, 0.25) is 0 Å². The molecule has 0 spiro atoms. The first-order chi connectivity index (χ1) is 20.1. The van der Waals surface area contributed by atoms with Crippen LogP contribution in [0.4, 0.5) is 0 Å². The number of carbonyl (C=O) groups excluding carboxylic acids is 3. The molecule has 2 N–H and O–H groups in total. The van der Waals surface area contributed by atoms with Crippen molar-refractivity contribution in [1.29, 1.82) is 0 Å². The highest BCUT2D eigenvalue weighted by atomic mass is 32.1. The fourth-order valence-electron chi connectivity index (χ4n) is 2.80. The smallest absolute Gasteiger partial charge is 0.347 e. The van der Waals surface area contributed by atoms with Gasteiger partial charge in [-0.2, -0.15) is 0 Å². The monoisotopic (exact) mass is 596 g/mol. The Morgan fingerprint density at radius 3 is 2.05 bits per heavy atom. The van der Waals surface area contributed by atoms with Gasteiger partial charge in [0.1, 0.15) is 34.4 Å². The molecule has 0 heterocycles. The van der Waals surface area contributed by atoms with Crippen LogP contribution in [0.1, 0.15) is 55.1 Å². The highest BCUT2D eigenvalue weighted by Gasteiger charge is 2.17. The Bertz CT molecular complexity index is 1340. The number of allylic oxidation sites excluding steroid dienone is 2. The van der Waals surface area contributed by atoms with E-state index in [1.807, 2.05) is 32.9 Å². The third kappa shape index (κ3) is 13.8. The SMILES string of the molecule is C/C=C\C.CCCC(=O)Oc1ccccc1C(=O)Oc1ccc(C(N)=S)cc1.O=COc1ccc(CO[N+](=O)[O-])cc1. The van der Waals surface area contributed by atoms with E-state index in [0.717, 1.165) is 0 Å². The van der Waals surface area contributed by atoms with Crippen molar-refractivity contribution in [3.8, 4) is 17.2 Å². The van der Waals surface area contributed by atoms with Gasteiger partial charge in [-0.1, -0.05) is 55.6 Å². The molecule has 222 valence electrons. The molecule has 3 aromatic rings. The number of para-hydroxylation sites is 1. The molecule has 42 heavy (non-hydrogen) atoms. The summed E-state index contributed by atoms with van der Waals surface area (Å²) in [6.07, 6.45) is 4.95. The molecule has 0 atom stereocenters. The van der Waals surface area contributed by atoms with Gasteiger partial charge in [0.2, 0.25) is 0 Å². The van der Waals surface area contributed by atoms with Crippen molar-refractivity contribution in [1.82, 2.24) is 0 Å². The quantitative estimate of drug-likeness (QED) is 0.0546. The first kappa shape index (κ1) is 34.9. The second-order valence-electron chi connectivity index (χ2n) is 8.02. The molecule has 0 aliphatic carbocycles. The molecule has 0 aliphatic rings. The van der Waals surface area contributed by atoms with Gasteiger partial charge in [-0.3, -0.25) is 9.59 Å². The van der Waals surface area contributed by atoms with Crippen LogP contribution in [0.25, 0.3) is 0 Å². The van der Waals surface area contributed by atoms with Crippen molar-refractivity contribution in [2.24, 2.45) is 5.73 Å². The van der Waals surface area contributed by atoms with E-state index in [4.69, 9.17) is 27.4 Å². The van der Waals surface area contributed by atoms with Gasteiger partial charge in [0.05, 0.1) is 0 Å². The number of nitrogens with zero attached hydrogens (tertiary/aromatic N) is 1. The zero-order valence-electron chi connectivity index (χ0n) is 23.4. The molecule has 0 saturated heterocycles. The number of carbonyl (C=O) groups is 3. The number of hydrogen-bond acceptors (Lipinski definition) is 10. The summed E-state index contributed by atoms with van der Waals surface area (Å²) >= 11 is 4.87. The maximum Gasteiger partial charge on any atom is 0.347 e. The molecule has 3 rings (SSSR count). The van der Waals surface area contributed by atoms with Gasteiger partial charge in [-0.15, -0.1) is 10.1 Å². The van der Waals surface area contributed by atoms with E-state index in [1.165, 1.54) is 12.1 Å². The van der Waals surface area contributed by atoms with Crippen LogP contribution in [0.3, 0.4) is 0 Å². The second-order valence-corrected chi connectivity index (χ2v) is 8.46. The van der Waals surface area contributed by atoms with Gasteiger partial charge < -0.3 is 24.8 Å². The lowest BCUT2D eigenvalue weighted by Crippen LogP contribution is -2.14.